The fourth-order valence-electron chi connectivity index (χ4n) is 2.19. The number of sulfonamides is 1. The molecule has 0 aliphatic rings. The van der Waals surface area contributed by atoms with Gasteiger partial charge in [0.05, 0.1) is 16.3 Å². The topological polar surface area (TPSA) is 80.1 Å². The Hall–Kier alpha value is -2.65. The van der Waals surface area contributed by atoms with Crippen molar-refractivity contribution in [2.45, 2.75) is 4.90 Å². The molecule has 1 N–H and O–H groups in total. The summed E-state index contributed by atoms with van der Waals surface area (Å²) >= 11 is 5.74. The minimum Gasteiger partial charge on any atom is -0.346 e. The first-order valence-electron chi connectivity index (χ1n) is 7.43. The van der Waals surface area contributed by atoms with Gasteiger partial charge in [-0.3, -0.25) is 4.72 Å². The van der Waals surface area contributed by atoms with Crippen LogP contribution < -0.4 is 9.62 Å². The molecule has 0 saturated heterocycles. The Balaban J connectivity index is 1.90. The number of hydrogen-bond donors (Lipinski definition) is 1. The van der Waals surface area contributed by atoms with Crippen molar-refractivity contribution in [1.29, 1.82) is 0 Å². The van der Waals surface area contributed by atoms with Crippen molar-refractivity contribution in [3.8, 4) is 5.69 Å². The Morgan fingerprint density at radius 1 is 1.19 bits per heavy atom. The lowest BCUT2D eigenvalue weighted by Crippen LogP contribution is -2.13. The second kappa shape index (κ2) is 6.93. The van der Waals surface area contributed by atoms with Crippen LogP contribution in [0.15, 0.2) is 53.7 Å². The summed E-state index contributed by atoms with van der Waals surface area (Å²) in [4.78, 5) is 5.63. The zero-order chi connectivity index (χ0) is 18.9. The number of nitrogens with zero attached hydrogens (tertiary/aromatic N) is 4. The maximum Gasteiger partial charge on any atom is 0.262 e. The van der Waals surface area contributed by atoms with E-state index in [0.717, 1.165) is 12.1 Å². The third-order valence-electron chi connectivity index (χ3n) is 3.39. The molecule has 10 heteroatoms. The number of hydrogen-bond acceptors (Lipinski definition) is 5. The average Bonchev–Trinajstić information content (AvgIpc) is 3.04. The molecule has 0 aliphatic carbocycles. The lowest BCUT2D eigenvalue weighted by atomic mass is 10.3. The van der Waals surface area contributed by atoms with Gasteiger partial charge in [0.15, 0.2) is 0 Å². The SMILES string of the molecule is CN(C)c1ncn(-c2cccc(NS(=O)(=O)c3cc(F)cc(Cl)c3)c2)n1. The standard InChI is InChI=1S/C16H15ClFN5O2S/c1-22(2)16-19-10-23(20-16)14-5-3-4-13(9-14)21-26(24,25)15-7-11(17)6-12(18)8-15/h3-10,21H,1-2H3. The average molecular weight is 396 g/mol. The molecule has 7 nitrogen and oxygen atoms in total. The van der Waals surface area contributed by atoms with Crippen LogP contribution in [0.2, 0.25) is 5.02 Å². The van der Waals surface area contributed by atoms with E-state index in [0.29, 0.717) is 17.3 Å². The smallest absolute Gasteiger partial charge is 0.262 e. The van der Waals surface area contributed by atoms with Gasteiger partial charge in [-0.1, -0.05) is 17.7 Å². The highest BCUT2D eigenvalue weighted by Gasteiger charge is 2.17. The third kappa shape index (κ3) is 3.94. The summed E-state index contributed by atoms with van der Waals surface area (Å²) in [5.41, 5.74) is 0.910. The van der Waals surface area contributed by atoms with E-state index in [2.05, 4.69) is 14.8 Å². The predicted octanol–water partition coefficient (Wildman–Crippen LogP) is 2.93. The molecule has 1 heterocycles. The van der Waals surface area contributed by atoms with Gasteiger partial charge < -0.3 is 4.90 Å². The Kier molecular flexibility index (Phi) is 4.84. The van der Waals surface area contributed by atoms with E-state index in [1.165, 1.54) is 17.1 Å². The molecule has 0 radical (unpaired) electrons. The van der Waals surface area contributed by atoms with Crippen LogP contribution in [0.4, 0.5) is 16.0 Å². The van der Waals surface area contributed by atoms with E-state index in [-0.39, 0.29) is 9.92 Å². The normalized spacial score (nSPS) is 11.4. The molecule has 2 aromatic carbocycles. The summed E-state index contributed by atoms with van der Waals surface area (Å²) in [6.45, 7) is 0. The summed E-state index contributed by atoms with van der Waals surface area (Å²) in [7, 11) is -0.366. The van der Waals surface area contributed by atoms with Crippen molar-refractivity contribution < 1.29 is 12.8 Å². The van der Waals surface area contributed by atoms with Crippen molar-refractivity contribution in [1.82, 2.24) is 14.8 Å². The number of halogens is 2. The Morgan fingerprint density at radius 3 is 2.62 bits per heavy atom. The van der Waals surface area contributed by atoms with E-state index >= 15 is 0 Å². The van der Waals surface area contributed by atoms with Gasteiger partial charge in [0.25, 0.3) is 10.0 Å². The van der Waals surface area contributed by atoms with Gasteiger partial charge in [-0.15, -0.1) is 5.10 Å². The van der Waals surface area contributed by atoms with Crippen molar-refractivity contribution in [3.63, 3.8) is 0 Å². The molecule has 0 fully saturated rings. The molecule has 0 amide bonds. The van der Waals surface area contributed by atoms with Crippen LogP contribution in [0.5, 0.6) is 0 Å². The molecule has 1 aromatic heterocycles. The van der Waals surface area contributed by atoms with Crippen LogP contribution in [-0.4, -0.2) is 37.3 Å². The van der Waals surface area contributed by atoms with E-state index in [9.17, 15) is 12.8 Å². The van der Waals surface area contributed by atoms with E-state index in [1.807, 2.05) is 14.1 Å². The minimum absolute atomic E-state index is 0.00189. The number of aromatic nitrogens is 3. The molecular weight excluding hydrogens is 381 g/mol. The van der Waals surface area contributed by atoms with Crippen LogP contribution in [0.3, 0.4) is 0 Å². The first-order valence-corrected chi connectivity index (χ1v) is 9.29. The number of rotatable bonds is 5. The first kappa shape index (κ1) is 18.2. The summed E-state index contributed by atoms with van der Waals surface area (Å²) in [5, 5.41) is 4.28. The molecule has 0 unspecified atom stereocenters. The van der Waals surface area contributed by atoms with Crippen LogP contribution in [0.25, 0.3) is 5.69 Å². The maximum atomic E-state index is 13.5. The summed E-state index contributed by atoms with van der Waals surface area (Å²) in [5.74, 6) is -0.212. The molecule has 3 aromatic rings. The van der Waals surface area contributed by atoms with Gasteiger partial charge in [-0.2, -0.15) is 4.98 Å². The highest BCUT2D eigenvalue weighted by Crippen LogP contribution is 2.22. The van der Waals surface area contributed by atoms with Gasteiger partial charge in [0, 0.05) is 19.1 Å². The number of anilines is 2. The fraction of sp³-hybridized carbons (Fsp3) is 0.125. The summed E-state index contributed by atoms with van der Waals surface area (Å²) in [6, 6.07) is 9.71. The van der Waals surface area contributed by atoms with Crippen LogP contribution in [-0.2, 0) is 10.0 Å². The Morgan fingerprint density at radius 2 is 1.96 bits per heavy atom. The van der Waals surface area contributed by atoms with Gasteiger partial charge in [0.1, 0.15) is 12.1 Å². The number of nitrogens with one attached hydrogen (secondary N) is 1. The molecule has 0 bridgehead atoms. The zero-order valence-corrected chi connectivity index (χ0v) is 15.5. The lowest BCUT2D eigenvalue weighted by Gasteiger charge is -2.10. The fourth-order valence-corrected chi connectivity index (χ4v) is 3.58. The summed E-state index contributed by atoms with van der Waals surface area (Å²) < 4.78 is 42.3. The predicted molar refractivity (Wildman–Crippen MR) is 97.9 cm³/mol. The molecular formula is C16H15ClFN5O2S. The Labute approximate surface area is 155 Å². The van der Waals surface area contributed by atoms with Crippen LogP contribution in [0, 0.1) is 5.82 Å². The number of benzene rings is 2. The van der Waals surface area contributed by atoms with Crippen LogP contribution >= 0.6 is 11.6 Å². The largest absolute Gasteiger partial charge is 0.346 e. The van der Waals surface area contributed by atoms with Gasteiger partial charge in [-0.25, -0.2) is 17.5 Å². The zero-order valence-electron chi connectivity index (χ0n) is 13.9. The van der Waals surface area contributed by atoms with Crippen LogP contribution in [0.1, 0.15) is 0 Å². The molecule has 0 spiro atoms. The van der Waals surface area contributed by atoms with E-state index in [1.54, 1.807) is 29.2 Å². The quantitative estimate of drug-likeness (QED) is 0.718. The molecule has 0 aliphatic heterocycles. The van der Waals surface area contributed by atoms with Gasteiger partial charge in [-0.05, 0) is 36.4 Å². The monoisotopic (exact) mass is 395 g/mol. The first-order chi connectivity index (χ1) is 12.2. The molecule has 0 saturated carbocycles. The van der Waals surface area contributed by atoms with E-state index in [4.69, 9.17) is 11.6 Å². The van der Waals surface area contributed by atoms with E-state index < -0.39 is 15.8 Å². The van der Waals surface area contributed by atoms with Gasteiger partial charge in [0.2, 0.25) is 5.95 Å². The molecule has 0 atom stereocenters. The summed E-state index contributed by atoms with van der Waals surface area (Å²) in [6.07, 6.45) is 1.52. The molecule has 26 heavy (non-hydrogen) atoms. The van der Waals surface area contributed by atoms with Gasteiger partial charge >= 0.3 is 0 Å². The molecule has 3 rings (SSSR count). The highest BCUT2D eigenvalue weighted by atomic mass is 35.5. The Bertz CT molecular complexity index is 1030. The second-order valence-corrected chi connectivity index (χ2v) is 7.76. The lowest BCUT2D eigenvalue weighted by molar-refractivity contribution is 0.595. The highest BCUT2D eigenvalue weighted by molar-refractivity contribution is 7.92. The molecule has 136 valence electrons. The van der Waals surface area contributed by atoms with Crippen molar-refractivity contribution in [2.75, 3.05) is 23.7 Å². The second-order valence-electron chi connectivity index (χ2n) is 5.64. The third-order valence-corrected chi connectivity index (χ3v) is 4.97. The van der Waals surface area contributed by atoms with Crippen molar-refractivity contribution >= 4 is 33.3 Å². The van der Waals surface area contributed by atoms with Crippen molar-refractivity contribution in [2.24, 2.45) is 0 Å². The maximum absolute atomic E-state index is 13.5. The van der Waals surface area contributed by atoms with Crippen molar-refractivity contribution in [3.05, 3.63) is 59.6 Å². The minimum atomic E-state index is -3.99.